The fourth-order valence-electron chi connectivity index (χ4n) is 7.78. The molecule has 4 bridgehead atoms. The molecule has 0 spiro atoms. The number of ketones is 1. The molecule has 40 heavy (non-hydrogen) atoms. The highest BCUT2D eigenvalue weighted by molar-refractivity contribution is 5.99. The molecule has 0 aromatic heterocycles. The molecule has 4 saturated carbocycles. The second-order valence-electron chi connectivity index (χ2n) is 12.4. The van der Waals surface area contributed by atoms with E-state index >= 15 is 0 Å². The zero-order chi connectivity index (χ0) is 27.7. The van der Waals surface area contributed by atoms with Crippen LogP contribution < -0.4 is 5.32 Å². The molecule has 4 aliphatic rings. The van der Waals surface area contributed by atoms with Crippen LogP contribution in [-0.4, -0.2) is 30.3 Å². The Labute approximate surface area is 236 Å². The molecule has 0 radical (unpaired) electrons. The summed E-state index contributed by atoms with van der Waals surface area (Å²) in [7, 11) is 0. The van der Waals surface area contributed by atoms with Gasteiger partial charge in [0.05, 0.1) is 0 Å². The summed E-state index contributed by atoms with van der Waals surface area (Å²) in [6.07, 6.45) is 8.29. The molecule has 3 aromatic rings. The Bertz CT molecular complexity index is 1340. The van der Waals surface area contributed by atoms with Crippen molar-refractivity contribution in [3.05, 3.63) is 107 Å². The minimum atomic E-state index is -0.913. The third kappa shape index (κ3) is 5.60. The number of esters is 1. The summed E-state index contributed by atoms with van der Waals surface area (Å²) < 4.78 is 5.41. The Morgan fingerprint density at radius 1 is 0.800 bits per heavy atom. The highest BCUT2D eigenvalue weighted by atomic mass is 16.5. The Morgan fingerprint density at radius 3 is 1.98 bits per heavy atom. The maximum Gasteiger partial charge on any atom is 0.329 e. The van der Waals surface area contributed by atoms with E-state index in [0.29, 0.717) is 11.1 Å². The molecule has 1 atom stereocenters. The summed E-state index contributed by atoms with van der Waals surface area (Å²) in [5.74, 6) is 1.35. The second-order valence-corrected chi connectivity index (χ2v) is 12.4. The number of benzene rings is 3. The van der Waals surface area contributed by atoms with Gasteiger partial charge in [0, 0.05) is 17.5 Å². The van der Waals surface area contributed by atoms with E-state index in [9.17, 15) is 14.4 Å². The van der Waals surface area contributed by atoms with Gasteiger partial charge in [0.15, 0.2) is 12.4 Å². The van der Waals surface area contributed by atoms with Crippen molar-refractivity contribution in [2.45, 2.75) is 63.3 Å². The van der Waals surface area contributed by atoms with Gasteiger partial charge in [-0.3, -0.25) is 9.59 Å². The van der Waals surface area contributed by atoms with Crippen molar-refractivity contribution in [3.63, 3.8) is 0 Å². The molecule has 3 aromatic carbocycles. The van der Waals surface area contributed by atoms with Gasteiger partial charge in [0.1, 0.15) is 6.04 Å². The zero-order valence-electron chi connectivity index (χ0n) is 23.1. The standard InChI is InChI=1S/C35H37NO4/c1-23-7-9-28(10-8-23)32(37)22-40-34(39)31(18-24-5-3-2-4-6-24)36-33(38)29-11-13-30(14-12-29)35-19-25-15-26(20-35)17-27(16-25)21-35/h2-14,25-27,31H,15-22H2,1H3,(H,36,38). The lowest BCUT2D eigenvalue weighted by atomic mass is 9.48. The number of carbonyl (C=O) groups is 3. The van der Waals surface area contributed by atoms with Gasteiger partial charge in [-0.1, -0.05) is 72.3 Å². The molecule has 0 heterocycles. The number of rotatable bonds is 9. The maximum atomic E-state index is 13.3. The summed E-state index contributed by atoms with van der Waals surface area (Å²) in [5.41, 5.74) is 4.58. The molecule has 4 fully saturated rings. The van der Waals surface area contributed by atoms with Crippen LogP contribution in [0.2, 0.25) is 0 Å². The van der Waals surface area contributed by atoms with Crippen LogP contribution in [0.25, 0.3) is 0 Å². The monoisotopic (exact) mass is 535 g/mol. The van der Waals surface area contributed by atoms with Crippen LogP contribution in [0.3, 0.4) is 0 Å². The van der Waals surface area contributed by atoms with Gasteiger partial charge < -0.3 is 10.1 Å². The van der Waals surface area contributed by atoms with Crippen molar-refractivity contribution in [1.82, 2.24) is 5.32 Å². The fraction of sp³-hybridized carbons (Fsp3) is 0.400. The van der Waals surface area contributed by atoms with Gasteiger partial charge in [-0.2, -0.15) is 0 Å². The molecule has 206 valence electrons. The van der Waals surface area contributed by atoms with Crippen LogP contribution in [0.15, 0.2) is 78.9 Å². The average molecular weight is 536 g/mol. The third-order valence-corrected chi connectivity index (χ3v) is 9.39. The van der Waals surface area contributed by atoms with Crippen molar-refractivity contribution in [1.29, 1.82) is 0 Å². The first-order valence-corrected chi connectivity index (χ1v) is 14.6. The fourth-order valence-corrected chi connectivity index (χ4v) is 7.78. The van der Waals surface area contributed by atoms with Gasteiger partial charge in [0.2, 0.25) is 0 Å². The Balaban J connectivity index is 1.13. The minimum Gasteiger partial charge on any atom is -0.456 e. The zero-order valence-corrected chi connectivity index (χ0v) is 23.1. The van der Waals surface area contributed by atoms with Gasteiger partial charge in [-0.25, -0.2) is 4.79 Å². The first-order valence-electron chi connectivity index (χ1n) is 14.6. The van der Waals surface area contributed by atoms with Crippen molar-refractivity contribution in [2.24, 2.45) is 17.8 Å². The van der Waals surface area contributed by atoms with Crippen molar-refractivity contribution < 1.29 is 19.1 Å². The number of hydrogen-bond acceptors (Lipinski definition) is 4. The SMILES string of the molecule is Cc1ccc(C(=O)COC(=O)C(Cc2ccccc2)NC(=O)c2ccc(C34CC5CC(CC(C5)C3)C4)cc2)cc1. The van der Waals surface area contributed by atoms with E-state index in [1.54, 1.807) is 12.1 Å². The van der Waals surface area contributed by atoms with Crippen LogP contribution in [0, 0.1) is 24.7 Å². The number of ether oxygens (including phenoxy) is 1. The van der Waals surface area contributed by atoms with E-state index in [0.717, 1.165) is 28.9 Å². The van der Waals surface area contributed by atoms with E-state index in [-0.39, 0.29) is 30.1 Å². The van der Waals surface area contributed by atoms with Crippen LogP contribution >= 0.6 is 0 Å². The Hall–Kier alpha value is -3.73. The first-order chi connectivity index (χ1) is 19.4. The van der Waals surface area contributed by atoms with Crippen LogP contribution in [-0.2, 0) is 21.4 Å². The molecule has 7 rings (SSSR count). The highest BCUT2D eigenvalue weighted by Gasteiger charge is 2.51. The second kappa shape index (κ2) is 11.0. The van der Waals surface area contributed by atoms with Crippen LogP contribution in [0.1, 0.15) is 75.9 Å². The van der Waals surface area contributed by atoms with Crippen molar-refractivity contribution in [3.8, 4) is 0 Å². The molecule has 0 aliphatic heterocycles. The normalized spacial score (nSPS) is 25.3. The summed E-state index contributed by atoms with van der Waals surface area (Å²) in [6, 6.07) is 23.8. The van der Waals surface area contributed by atoms with Crippen LogP contribution in [0.4, 0.5) is 0 Å². The van der Waals surface area contributed by atoms with E-state index in [1.165, 1.54) is 44.1 Å². The summed E-state index contributed by atoms with van der Waals surface area (Å²) in [6.45, 7) is 1.57. The summed E-state index contributed by atoms with van der Waals surface area (Å²) in [5, 5.41) is 2.88. The molecular weight excluding hydrogens is 498 g/mol. The molecule has 1 amide bonds. The molecular formula is C35H37NO4. The van der Waals surface area contributed by atoms with Gasteiger partial charge in [-0.15, -0.1) is 0 Å². The van der Waals surface area contributed by atoms with E-state index in [1.807, 2.05) is 61.5 Å². The molecule has 5 heteroatoms. The number of nitrogens with one attached hydrogen (secondary N) is 1. The lowest BCUT2D eigenvalue weighted by molar-refractivity contribution is -0.144. The van der Waals surface area contributed by atoms with Gasteiger partial charge in [-0.05, 0) is 91.9 Å². The Morgan fingerprint density at radius 2 is 1.38 bits per heavy atom. The van der Waals surface area contributed by atoms with E-state index < -0.39 is 12.0 Å². The largest absolute Gasteiger partial charge is 0.456 e. The number of amides is 1. The number of carbonyl (C=O) groups excluding carboxylic acids is 3. The lowest BCUT2D eigenvalue weighted by Crippen LogP contribution is -2.48. The lowest BCUT2D eigenvalue weighted by Gasteiger charge is -2.57. The van der Waals surface area contributed by atoms with E-state index in [2.05, 4.69) is 17.4 Å². The predicted octanol–water partition coefficient (Wildman–Crippen LogP) is 6.23. The molecule has 1 unspecified atom stereocenters. The van der Waals surface area contributed by atoms with Crippen LogP contribution in [0.5, 0.6) is 0 Å². The number of Topliss-reactive ketones (excluding diaryl/α,β-unsaturated/α-hetero) is 1. The predicted molar refractivity (Wildman–Crippen MR) is 154 cm³/mol. The topological polar surface area (TPSA) is 72.5 Å². The molecule has 4 aliphatic carbocycles. The molecule has 5 nitrogen and oxygen atoms in total. The quantitative estimate of drug-likeness (QED) is 0.260. The summed E-state index contributed by atoms with van der Waals surface area (Å²) >= 11 is 0. The van der Waals surface area contributed by atoms with Gasteiger partial charge >= 0.3 is 5.97 Å². The molecule has 1 N–H and O–H groups in total. The van der Waals surface area contributed by atoms with Crippen molar-refractivity contribution >= 4 is 17.7 Å². The third-order valence-electron chi connectivity index (χ3n) is 9.39. The number of hydrogen-bond donors (Lipinski definition) is 1. The first kappa shape index (κ1) is 26.5. The smallest absolute Gasteiger partial charge is 0.329 e. The average Bonchev–Trinajstić information content (AvgIpc) is 2.95. The molecule has 0 saturated heterocycles. The minimum absolute atomic E-state index is 0.271. The van der Waals surface area contributed by atoms with E-state index in [4.69, 9.17) is 4.74 Å². The highest BCUT2D eigenvalue weighted by Crippen LogP contribution is 2.60. The summed E-state index contributed by atoms with van der Waals surface area (Å²) in [4.78, 5) is 39.0. The Kier molecular flexibility index (Phi) is 7.31. The number of aryl methyl sites for hydroxylation is 1. The van der Waals surface area contributed by atoms with Gasteiger partial charge in [0.25, 0.3) is 5.91 Å². The maximum absolute atomic E-state index is 13.3. The van der Waals surface area contributed by atoms with Crippen molar-refractivity contribution in [2.75, 3.05) is 6.61 Å².